The second kappa shape index (κ2) is 5.48. The number of hydrogen-bond acceptors (Lipinski definition) is 4. The summed E-state index contributed by atoms with van der Waals surface area (Å²) in [5, 5.41) is 9.12. The van der Waals surface area contributed by atoms with Gasteiger partial charge in [-0.25, -0.2) is 9.48 Å². The van der Waals surface area contributed by atoms with E-state index in [1.807, 2.05) is 31.4 Å². The lowest BCUT2D eigenvalue weighted by molar-refractivity contribution is -0.122. The monoisotopic (exact) mass is 306 g/mol. The summed E-state index contributed by atoms with van der Waals surface area (Å²) in [5.41, 5.74) is -0.195. The molecular formula is C14H18N4O2S. The standard InChI is InChI=1S/C14H18N4O2S/c1-9(2)15-12(19)8-17-14(20)18(10-5-6-10)13(16-17)11-4-3-7-21-11/h3-4,7,9-10H,5-6,8H2,1-2H3,(H,15,19). The van der Waals surface area contributed by atoms with E-state index in [0.717, 1.165) is 17.7 Å². The number of amides is 1. The van der Waals surface area contributed by atoms with E-state index in [1.165, 1.54) is 4.68 Å². The van der Waals surface area contributed by atoms with Gasteiger partial charge in [-0.3, -0.25) is 9.36 Å². The minimum Gasteiger partial charge on any atom is -0.352 e. The van der Waals surface area contributed by atoms with Crippen LogP contribution in [0, 0.1) is 0 Å². The van der Waals surface area contributed by atoms with Gasteiger partial charge in [0.2, 0.25) is 5.91 Å². The molecule has 3 rings (SSSR count). The number of carbonyl (C=O) groups excluding carboxylic acids is 1. The van der Waals surface area contributed by atoms with E-state index in [2.05, 4.69) is 10.4 Å². The van der Waals surface area contributed by atoms with Crippen LogP contribution in [0.5, 0.6) is 0 Å². The quantitative estimate of drug-likeness (QED) is 0.913. The third-order valence-corrected chi connectivity index (χ3v) is 4.13. The molecule has 1 N–H and O–H groups in total. The number of hydrogen-bond donors (Lipinski definition) is 1. The average molecular weight is 306 g/mol. The van der Waals surface area contributed by atoms with Crippen LogP contribution < -0.4 is 11.0 Å². The molecule has 0 spiro atoms. The van der Waals surface area contributed by atoms with E-state index in [0.29, 0.717) is 5.82 Å². The van der Waals surface area contributed by atoms with Crippen molar-refractivity contribution in [2.24, 2.45) is 0 Å². The fraction of sp³-hybridized carbons (Fsp3) is 0.500. The van der Waals surface area contributed by atoms with E-state index in [1.54, 1.807) is 15.9 Å². The Bertz CT molecular complexity index is 695. The molecule has 2 aromatic rings. The van der Waals surface area contributed by atoms with Crippen LogP contribution in [0.2, 0.25) is 0 Å². The molecule has 112 valence electrons. The lowest BCUT2D eigenvalue weighted by Gasteiger charge is -2.07. The van der Waals surface area contributed by atoms with Crippen LogP contribution >= 0.6 is 11.3 Å². The molecule has 0 radical (unpaired) electrons. The zero-order valence-electron chi connectivity index (χ0n) is 12.1. The van der Waals surface area contributed by atoms with Crippen LogP contribution in [0.25, 0.3) is 10.7 Å². The summed E-state index contributed by atoms with van der Waals surface area (Å²) in [6, 6.07) is 4.17. The summed E-state index contributed by atoms with van der Waals surface area (Å²) < 4.78 is 3.00. The van der Waals surface area contributed by atoms with Gasteiger partial charge < -0.3 is 5.32 Å². The molecular weight excluding hydrogens is 288 g/mol. The maximum absolute atomic E-state index is 12.5. The van der Waals surface area contributed by atoms with Crippen molar-refractivity contribution in [3.8, 4) is 10.7 Å². The largest absolute Gasteiger partial charge is 0.352 e. The summed E-state index contributed by atoms with van der Waals surface area (Å²) in [7, 11) is 0. The van der Waals surface area contributed by atoms with Crippen LogP contribution in [-0.2, 0) is 11.3 Å². The first-order valence-electron chi connectivity index (χ1n) is 7.09. The number of thiophene rings is 1. The first-order chi connectivity index (χ1) is 10.1. The van der Waals surface area contributed by atoms with E-state index >= 15 is 0 Å². The smallest absolute Gasteiger partial charge is 0.346 e. The number of nitrogens with one attached hydrogen (secondary N) is 1. The fourth-order valence-corrected chi connectivity index (χ4v) is 2.97. The van der Waals surface area contributed by atoms with Crippen LogP contribution in [0.4, 0.5) is 0 Å². The van der Waals surface area contributed by atoms with Gasteiger partial charge in [0.15, 0.2) is 5.82 Å². The topological polar surface area (TPSA) is 68.9 Å². The fourth-order valence-electron chi connectivity index (χ4n) is 2.26. The minimum absolute atomic E-state index is 0.0326. The molecule has 0 saturated heterocycles. The van der Waals surface area contributed by atoms with Crippen LogP contribution in [0.1, 0.15) is 32.7 Å². The lowest BCUT2D eigenvalue weighted by Crippen LogP contribution is -2.36. The SMILES string of the molecule is CC(C)NC(=O)Cn1nc(-c2cccs2)n(C2CC2)c1=O. The zero-order valence-corrected chi connectivity index (χ0v) is 12.9. The van der Waals surface area contributed by atoms with Crippen molar-refractivity contribution in [3.05, 3.63) is 28.0 Å². The number of carbonyl (C=O) groups is 1. The van der Waals surface area contributed by atoms with Crippen molar-refractivity contribution >= 4 is 17.2 Å². The van der Waals surface area contributed by atoms with Gasteiger partial charge in [-0.05, 0) is 38.1 Å². The second-order valence-electron chi connectivity index (χ2n) is 5.56. The van der Waals surface area contributed by atoms with E-state index in [9.17, 15) is 9.59 Å². The Morgan fingerprint density at radius 1 is 1.52 bits per heavy atom. The Morgan fingerprint density at radius 2 is 2.29 bits per heavy atom. The van der Waals surface area contributed by atoms with Gasteiger partial charge in [-0.15, -0.1) is 16.4 Å². The van der Waals surface area contributed by atoms with Gasteiger partial charge in [0.25, 0.3) is 0 Å². The minimum atomic E-state index is -0.195. The van der Waals surface area contributed by atoms with Crippen LogP contribution in [0.15, 0.2) is 22.3 Å². The molecule has 0 unspecified atom stereocenters. The second-order valence-corrected chi connectivity index (χ2v) is 6.51. The van der Waals surface area contributed by atoms with Gasteiger partial charge in [0, 0.05) is 12.1 Å². The molecule has 1 saturated carbocycles. The highest BCUT2D eigenvalue weighted by Gasteiger charge is 2.31. The molecule has 6 nitrogen and oxygen atoms in total. The van der Waals surface area contributed by atoms with Gasteiger partial charge in [-0.2, -0.15) is 0 Å². The molecule has 0 bridgehead atoms. The molecule has 2 heterocycles. The van der Waals surface area contributed by atoms with E-state index < -0.39 is 0 Å². The van der Waals surface area contributed by atoms with Crippen molar-refractivity contribution in [1.29, 1.82) is 0 Å². The Balaban J connectivity index is 1.94. The third kappa shape index (κ3) is 2.92. The van der Waals surface area contributed by atoms with Gasteiger partial charge in [-0.1, -0.05) is 6.07 Å². The molecule has 1 amide bonds. The molecule has 1 fully saturated rings. The van der Waals surface area contributed by atoms with Crippen molar-refractivity contribution in [2.45, 2.75) is 45.3 Å². The van der Waals surface area contributed by atoms with Crippen LogP contribution in [-0.4, -0.2) is 26.3 Å². The molecule has 1 aliphatic carbocycles. The Morgan fingerprint density at radius 3 is 2.86 bits per heavy atom. The van der Waals surface area contributed by atoms with Gasteiger partial charge >= 0.3 is 5.69 Å². The first-order valence-corrected chi connectivity index (χ1v) is 7.97. The Labute approximate surface area is 126 Å². The van der Waals surface area contributed by atoms with Crippen molar-refractivity contribution in [1.82, 2.24) is 19.7 Å². The van der Waals surface area contributed by atoms with Crippen molar-refractivity contribution in [2.75, 3.05) is 0 Å². The van der Waals surface area contributed by atoms with E-state index in [4.69, 9.17) is 0 Å². The molecule has 21 heavy (non-hydrogen) atoms. The van der Waals surface area contributed by atoms with Gasteiger partial charge in [0.05, 0.1) is 4.88 Å². The summed E-state index contributed by atoms with van der Waals surface area (Å²) in [4.78, 5) is 25.3. The molecule has 0 aliphatic heterocycles. The summed E-state index contributed by atoms with van der Waals surface area (Å²) >= 11 is 1.55. The average Bonchev–Trinajstić information content (AvgIpc) is 2.98. The molecule has 7 heteroatoms. The van der Waals surface area contributed by atoms with Crippen molar-refractivity contribution < 1.29 is 4.79 Å². The molecule has 0 aromatic carbocycles. The predicted molar refractivity (Wildman–Crippen MR) is 81.3 cm³/mol. The highest BCUT2D eigenvalue weighted by atomic mass is 32.1. The molecule has 0 atom stereocenters. The van der Waals surface area contributed by atoms with Gasteiger partial charge in [0.1, 0.15) is 6.54 Å². The highest BCUT2D eigenvalue weighted by molar-refractivity contribution is 7.13. The number of aromatic nitrogens is 3. The lowest BCUT2D eigenvalue weighted by atomic mass is 10.4. The highest BCUT2D eigenvalue weighted by Crippen LogP contribution is 2.37. The third-order valence-electron chi connectivity index (χ3n) is 3.27. The Kier molecular flexibility index (Phi) is 3.67. The number of nitrogens with zero attached hydrogens (tertiary/aromatic N) is 3. The summed E-state index contributed by atoms with van der Waals surface area (Å²) in [6.45, 7) is 3.75. The number of rotatable bonds is 5. The molecule has 2 aromatic heterocycles. The molecule has 1 aliphatic rings. The summed E-state index contributed by atoms with van der Waals surface area (Å²) in [6.07, 6.45) is 2.00. The van der Waals surface area contributed by atoms with Crippen LogP contribution in [0.3, 0.4) is 0 Å². The van der Waals surface area contributed by atoms with E-state index in [-0.39, 0.29) is 30.2 Å². The zero-order chi connectivity index (χ0) is 15.0. The first kappa shape index (κ1) is 14.1. The normalized spacial score (nSPS) is 14.6. The van der Waals surface area contributed by atoms with Crippen molar-refractivity contribution in [3.63, 3.8) is 0 Å². The predicted octanol–water partition coefficient (Wildman–Crippen LogP) is 1.63. The maximum atomic E-state index is 12.5. The Hall–Kier alpha value is -1.89. The maximum Gasteiger partial charge on any atom is 0.346 e. The summed E-state index contributed by atoms with van der Waals surface area (Å²) in [5.74, 6) is 0.486.